The summed E-state index contributed by atoms with van der Waals surface area (Å²) in [5, 5.41) is 17.5. The van der Waals surface area contributed by atoms with Crippen molar-refractivity contribution in [3.63, 3.8) is 0 Å². The minimum absolute atomic E-state index is 0.415. The topological polar surface area (TPSA) is 108 Å². The molecule has 34 heavy (non-hydrogen) atoms. The number of carbonyl (C=O) groups excluding carboxylic acids is 1. The standard InChI is InChI=1S/C25H27N5O4/c31-16-20(32)15-30-11-9-29(10-12-30)8-6-19-17-33-24-13-21(2-3-22(19)24)34-25-4-1-18(14-26-25)23-5-7-27-28-23/h1-5,7,13-14,16-17,20,32H,6,8-12,15H2,(H,27,28)/t20-/m0/s1. The summed E-state index contributed by atoms with van der Waals surface area (Å²) in [6, 6.07) is 11.5. The van der Waals surface area contributed by atoms with Crippen molar-refractivity contribution in [2.24, 2.45) is 0 Å². The van der Waals surface area contributed by atoms with Crippen LogP contribution in [-0.2, 0) is 11.2 Å². The number of ether oxygens (including phenoxy) is 1. The van der Waals surface area contributed by atoms with Crippen LogP contribution in [0.1, 0.15) is 5.56 Å². The van der Waals surface area contributed by atoms with Crippen LogP contribution >= 0.6 is 0 Å². The van der Waals surface area contributed by atoms with Crippen LogP contribution in [-0.4, -0.2) is 81.7 Å². The molecule has 176 valence electrons. The number of piperazine rings is 1. The van der Waals surface area contributed by atoms with E-state index in [1.165, 1.54) is 5.56 Å². The highest BCUT2D eigenvalue weighted by molar-refractivity contribution is 5.82. The molecule has 0 bridgehead atoms. The van der Waals surface area contributed by atoms with Crippen LogP contribution in [0.2, 0.25) is 0 Å². The SMILES string of the molecule is O=C[C@@H](O)CN1CCN(CCc2coc3cc(Oc4ccc(-c5ccn[nH]5)cn4)ccc23)CC1. The molecular weight excluding hydrogens is 434 g/mol. The molecule has 9 nitrogen and oxygen atoms in total. The van der Waals surface area contributed by atoms with Crippen LogP contribution in [0, 0.1) is 0 Å². The van der Waals surface area contributed by atoms with Crippen molar-refractivity contribution >= 4 is 17.3 Å². The van der Waals surface area contributed by atoms with Crippen LogP contribution in [0.25, 0.3) is 22.2 Å². The fourth-order valence-electron chi connectivity index (χ4n) is 4.24. The van der Waals surface area contributed by atoms with Gasteiger partial charge in [0.05, 0.1) is 12.0 Å². The number of aromatic nitrogens is 3. The van der Waals surface area contributed by atoms with Gasteiger partial charge in [-0.1, -0.05) is 0 Å². The lowest BCUT2D eigenvalue weighted by Crippen LogP contribution is -2.49. The number of rotatable bonds is 9. The summed E-state index contributed by atoms with van der Waals surface area (Å²) >= 11 is 0. The van der Waals surface area contributed by atoms with Gasteiger partial charge in [0.25, 0.3) is 0 Å². The average molecular weight is 462 g/mol. The van der Waals surface area contributed by atoms with E-state index in [0.29, 0.717) is 24.5 Å². The van der Waals surface area contributed by atoms with E-state index in [1.807, 2.05) is 42.7 Å². The van der Waals surface area contributed by atoms with Gasteiger partial charge < -0.3 is 24.0 Å². The summed E-state index contributed by atoms with van der Waals surface area (Å²) < 4.78 is 11.7. The lowest BCUT2D eigenvalue weighted by atomic mass is 10.1. The fraction of sp³-hybridized carbons (Fsp3) is 0.320. The van der Waals surface area contributed by atoms with Gasteiger partial charge in [0.2, 0.25) is 5.88 Å². The number of nitrogens with zero attached hydrogens (tertiary/aromatic N) is 4. The summed E-state index contributed by atoms with van der Waals surface area (Å²) in [5.74, 6) is 1.18. The summed E-state index contributed by atoms with van der Waals surface area (Å²) in [6.07, 6.45) is 5.87. The molecule has 0 aliphatic carbocycles. The summed E-state index contributed by atoms with van der Waals surface area (Å²) in [6.45, 7) is 4.90. The summed E-state index contributed by atoms with van der Waals surface area (Å²) in [7, 11) is 0. The second-order valence-electron chi connectivity index (χ2n) is 8.47. The molecule has 1 saturated heterocycles. The normalized spacial score (nSPS) is 16.0. The van der Waals surface area contributed by atoms with Gasteiger partial charge in [-0.15, -0.1) is 0 Å². The Morgan fingerprint density at radius 1 is 1.15 bits per heavy atom. The highest BCUT2D eigenvalue weighted by atomic mass is 16.5. The molecular formula is C25H27N5O4. The van der Waals surface area contributed by atoms with Gasteiger partial charge in [-0.05, 0) is 36.2 Å². The average Bonchev–Trinajstić information content (AvgIpc) is 3.54. The Bertz CT molecular complexity index is 1210. The van der Waals surface area contributed by atoms with E-state index in [1.54, 1.807) is 12.4 Å². The van der Waals surface area contributed by atoms with Gasteiger partial charge in [0.15, 0.2) is 0 Å². The van der Waals surface area contributed by atoms with Crippen molar-refractivity contribution in [2.45, 2.75) is 12.5 Å². The molecule has 1 aromatic carbocycles. The van der Waals surface area contributed by atoms with Gasteiger partial charge in [-0.3, -0.25) is 10.00 Å². The number of aromatic amines is 1. The van der Waals surface area contributed by atoms with Crippen molar-refractivity contribution in [1.29, 1.82) is 0 Å². The number of hydrogen-bond donors (Lipinski definition) is 2. The zero-order valence-electron chi connectivity index (χ0n) is 18.8. The second kappa shape index (κ2) is 10.2. The highest BCUT2D eigenvalue weighted by Crippen LogP contribution is 2.29. The minimum Gasteiger partial charge on any atom is -0.464 e. The molecule has 1 aliphatic rings. The van der Waals surface area contributed by atoms with E-state index in [4.69, 9.17) is 9.15 Å². The molecule has 0 unspecified atom stereocenters. The molecule has 1 atom stereocenters. The largest absolute Gasteiger partial charge is 0.464 e. The molecule has 0 spiro atoms. The first-order chi connectivity index (χ1) is 16.7. The van der Waals surface area contributed by atoms with Gasteiger partial charge >= 0.3 is 0 Å². The molecule has 3 aromatic heterocycles. The Morgan fingerprint density at radius 3 is 2.74 bits per heavy atom. The zero-order valence-corrected chi connectivity index (χ0v) is 18.8. The van der Waals surface area contributed by atoms with Gasteiger partial charge in [0, 0.05) is 74.7 Å². The molecule has 1 aliphatic heterocycles. The first-order valence-corrected chi connectivity index (χ1v) is 11.4. The second-order valence-corrected chi connectivity index (χ2v) is 8.47. The predicted octanol–water partition coefficient (Wildman–Crippen LogP) is 2.73. The molecule has 0 amide bonds. The number of nitrogens with one attached hydrogen (secondary N) is 1. The van der Waals surface area contributed by atoms with Gasteiger partial charge in [-0.25, -0.2) is 4.98 Å². The quantitative estimate of drug-likeness (QED) is 0.367. The number of hydrogen-bond acceptors (Lipinski definition) is 8. The first kappa shape index (κ1) is 22.3. The number of carbonyl (C=O) groups is 1. The van der Waals surface area contributed by atoms with Crippen LogP contribution in [0.15, 0.2) is 59.5 Å². The number of β-amino-alcohol motifs (C(OH)–C–C–N with tert-alkyl or cyclic N) is 1. The maximum atomic E-state index is 10.6. The zero-order chi connectivity index (χ0) is 23.3. The maximum Gasteiger partial charge on any atom is 0.219 e. The monoisotopic (exact) mass is 461 g/mol. The number of fused-ring (bicyclic) bond motifs is 1. The third kappa shape index (κ3) is 5.17. The molecule has 2 N–H and O–H groups in total. The third-order valence-electron chi connectivity index (χ3n) is 6.16. The van der Waals surface area contributed by atoms with Crippen molar-refractivity contribution in [3.8, 4) is 22.9 Å². The Kier molecular flexibility index (Phi) is 6.66. The minimum atomic E-state index is -0.894. The van der Waals surface area contributed by atoms with Crippen LogP contribution in [0.3, 0.4) is 0 Å². The van der Waals surface area contributed by atoms with E-state index in [0.717, 1.165) is 61.4 Å². The summed E-state index contributed by atoms with van der Waals surface area (Å²) in [4.78, 5) is 19.6. The molecule has 5 rings (SSSR count). The number of aldehydes is 1. The number of H-pyrrole nitrogens is 1. The molecule has 0 saturated carbocycles. The molecule has 4 aromatic rings. The van der Waals surface area contributed by atoms with E-state index in [9.17, 15) is 9.90 Å². The van der Waals surface area contributed by atoms with E-state index >= 15 is 0 Å². The van der Waals surface area contributed by atoms with Crippen LogP contribution in [0.4, 0.5) is 0 Å². The summed E-state index contributed by atoms with van der Waals surface area (Å²) in [5.41, 5.74) is 3.80. The van der Waals surface area contributed by atoms with Crippen LogP contribution < -0.4 is 4.74 Å². The molecule has 0 radical (unpaired) electrons. The van der Waals surface area contributed by atoms with E-state index in [2.05, 4.69) is 25.0 Å². The number of benzene rings is 1. The lowest BCUT2D eigenvalue weighted by Gasteiger charge is -2.34. The van der Waals surface area contributed by atoms with E-state index in [-0.39, 0.29) is 0 Å². The Balaban J connectivity index is 1.16. The number of furan rings is 1. The predicted molar refractivity (Wildman–Crippen MR) is 127 cm³/mol. The number of pyridine rings is 1. The van der Waals surface area contributed by atoms with Crippen molar-refractivity contribution < 1.29 is 19.1 Å². The Morgan fingerprint density at radius 2 is 2.00 bits per heavy atom. The number of aliphatic hydroxyl groups is 1. The molecule has 9 heteroatoms. The Hall–Kier alpha value is -3.53. The van der Waals surface area contributed by atoms with Crippen molar-refractivity contribution in [1.82, 2.24) is 25.0 Å². The lowest BCUT2D eigenvalue weighted by molar-refractivity contribution is -0.115. The molecule has 1 fully saturated rings. The van der Waals surface area contributed by atoms with Crippen LogP contribution in [0.5, 0.6) is 11.6 Å². The Labute approximate surface area is 197 Å². The third-order valence-corrected chi connectivity index (χ3v) is 6.16. The maximum absolute atomic E-state index is 10.6. The van der Waals surface area contributed by atoms with Crippen molar-refractivity contribution in [3.05, 3.63) is 60.6 Å². The molecule has 4 heterocycles. The smallest absolute Gasteiger partial charge is 0.219 e. The highest BCUT2D eigenvalue weighted by Gasteiger charge is 2.19. The number of aliphatic hydroxyl groups excluding tert-OH is 1. The fourth-order valence-corrected chi connectivity index (χ4v) is 4.24. The van der Waals surface area contributed by atoms with E-state index < -0.39 is 6.10 Å². The first-order valence-electron chi connectivity index (χ1n) is 11.4. The van der Waals surface area contributed by atoms with Crippen molar-refractivity contribution in [2.75, 3.05) is 39.3 Å². The van der Waals surface area contributed by atoms with Gasteiger partial charge in [0.1, 0.15) is 23.7 Å². The van der Waals surface area contributed by atoms with Gasteiger partial charge in [-0.2, -0.15) is 5.10 Å².